The van der Waals surface area contributed by atoms with Crippen LogP contribution in [0.15, 0.2) is 18.3 Å². The first-order valence-electron chi connectivity index (χ1n) is 9.08. The van der Waals surface area contributed by atoms with Gasteiger partial charge in [0.2, 0.25) is 5.91 Å². The fourth-order valence-corrected chi connectivity index (χ4v) is 3.00. The summed E-state index contributed by atoms with van der Waals surface area (Å²) in [4.78, 5) is 34.8. The molecule has 25 heavy (non-hydrogen) atoms. The highest BCUT2D eigenvalue weighted by Gasteiger charge is 2.23. The first-order valence-corrected chi connectivity index (χ1v) is 9.08. The zero-order chi connectivity index (χ0) is 18.2. The Morgan fingerprint density at radius 2 is 1.80 bits per heavy atom. The second kappa shape index (κ2) is 9.36. The molecule has 7 nitrogen and oxygen atoms in total. The summed E-state index contributed by atoms with van der Waals surface area (Å²) < 4.78 is 0. The molecule has 0 unspecified atom stereocenters. The number of piperazine rings is 1. The molecule has 0 aliphatic carbocycles. The smallest absolute Gasteiger partial charge is 0.255 e. The van der Waals surface area contributed by atoms with E-state index in [9.17, 15) is 9.59 Å². The van der Waals surface area contributed by atoms with Crippen molar-refractivity contribution < 1.29 is 9.59 Å². The summed E-state index contributed by atoms with van der Waals surface area (Å²) in [5.74, 6) is 0.947. The number of amides is 2. The summed E-state index contributed by atoms with van der Waals surface area (Å²) in [6, 6.07) is 3.76. The molecule has 1 aliphatic heterocycles. The van der Waals surface area contributed by atoms with Gasteiger partial charge in [-0.15, -0.1) is 0 Å². The summed E-state index contributed by atoms with van der Waals surface area (Å²) in [7, 11) is 0. The molecule has 0 saturated carbocycles. The summed E-state index contributed by atoms with van der Waals surface area (Å²) in [5, 5.41) is 2.80. The quantitative estimate of drug-likeness (QED) is 0.791. The normalized spacial score (nSPS) is 15.1. The Kier molecular flexibility index (Phi) is 7.18. The Balaban J connectivity index is 1.88. The van der Waals surface area contributed by atoms with E-state index in [1.165, 1.54) is 0 Å². The Bertz CT molecular complexity index is 563. The SMILES string of the molecule is CCNC(=O)CN1CCN(C(=O)c2ccc(N(CC)CC)nc2)CC1. The van der Waals surface area contributed by atoms with Crippen molar-refractivity contribution in [1.29, 1.82) is 0 Å². The predicted octanol–water partition coefficient (Wildman–Crippen LogP) is 0.822. The van der Waals surface area contributed by atoms with E-state index in [1.807, 2.05) is 24.0 Å². The fourth-order valence-electron chi connectivity index (χ4n) is 3.00. The van der Waals surface area contributed by atoms with Gasteiger partial charge in [0.1, 0.15) is 5.82 Å². The van der Waals surface area contributed by atoms with Crippen LogP contribution in [0.1, 0.15) is 31.1 Å². The van der Waals surface area contributed by atoms with Crippen molar-refractivity contribution >= 4 is 17.6 Å². The molecule has 1 fully saturated rings. The molecule has 0 spiro atoms. The molecule has 2 rings (SSSR count). The van der Waals surface area contributed by atoms with Crippen LogP contribution in [0.25, 0.3) is 0 Å². The number of rotatable bonds is 7. The molecule has 2 heterocycles. The zero-order valence-electron chi connectivity index (χ0n) is 15.5. The molecule has 0 radical (unpaired) electrons. The van der Waals surface area contributed by atoms with E-state index in [0.29, 0.717) is 44.8 Å². The van der Waals surface area contributed by atoms with Crippen LogP contribution in [0, 0.1) is 0 Å². The summed E-state index contributed by atoms with van der Waals surface area (Å²) in [6.45, 7) is 11.6. The summed E-state index contributed by atoms with van der Waals surface area (Å²) in [6.07, 6.45) is 1.66. The van der Waals surface area contributed by atoms with E-state index in [1.54, 1.807) is 6.20 Å². The van der Waals surface area contributed by atoms with Crippen LogP contribution in [0.2, 0.25) is 0 Å². The Labute approximate surface area is 150 Å². The number of pyridine rings is 1. The number of nitrogens with zero attached hydrogens (tertiary/aromatic N) is 4. The van der Waals surface area contributed by atoms with Crippen molar-refractivity contribution in [3.63, 3.8) is 0 Å². The van der Waals surface area contributed by atoms with Gasteiger partial charge in [-0.1, -0.05) is 0 Å². The minimum absolute atomic E-state index is 0.0104. The molecule has 7 heteroatoms. The second-order valence-corrected chi connectivity index (χ2v) is 6.10. The Morgan fingerprint density at radius 3 is 2.32 bits per heavy atom. The molecule has 1 aliphatic rings. The molecule has 2 amide bonds. The number of carbonyl (C=O) groups is 2. The first-order chi connectivity index (χ1) is 12.1. The molecule has 1 aromatic rings. The van der Waals surface area contributed by atoms with Crippen LogP contribution < -0.4 is 10.2 Å². The average molecular weight is 347 g/mol. The Hall–Kier alpha value is -2.15. The topological polar surface area (TPSA) is 68.8 Å². The average Bonchev–Trinajstić information content (AvgIpc) is 2.63. The third-order valence-electron chi connectivity index (χ3n) is 4.48. The molecule has 1 saturated heterocycles. The number of hydrogen-bond acceptors (Lipinski definition) is 5. The van der Waals surface area contributed by atoms with Crippen molar-refractivity contribution in [2.45, 2.75) is 20.8 Å². The molecule has 0 bridgehead atoms. The molecular weight excluding hydrogens is 318 g/mol. The van der Waals surface area contributed by atoms with Gasteiger partial charge >= 0.3 is 0 Å². The van der Waals surface area contributed by atoms with Crippen molar-refractivity contribution in [3.8, 4) is 0 Å². The number of carbonyl (C=O) groups excluding carboxylic acids is 2. The van der Waals surface area contributed by atoms with Gasteiger partial charge in [-0.05, 0) is 32.9 Å². The molecule has 1 aromatic heterocycles. The third kappa shape index (κ3) is 5.16. The minimum atomic E-state index is 0.0104. The largest absolute Gasteiger partial charge is 0.357 e. The number of anilines is 1. The molecular formula is C18H29N5O2. The van der Waals surface area contributed by atoms with Gasteiger partial charge in [-0.25, -0.2) is 4.98 Å². The van der Waals surface area contributed by atoms with Crippen LogP contribution in [0.5, 0.6) is 0 Å². The van der Waals surface area contributed by atoms with Crippen molar-refractivity contribution in [2.24, 2.45) is 0 Å². The van der Waals surface area contributed by atoms with Gasteiger partial charge in [0.15, 0.2) is 0 Å². The lowest BCUT2D eigenvalue weighted by Gasteiger charge is -2.34. The highest BCUT2D eigenvalue weighted by molar-refractivity contribution is 5.94. The van der Waals surface area contributed by atoms with Gasteiger partial charge in [-0.2, -0.15) is 0 Å². The number of hydrogen-bond donors (Lipinski definition) is 1. The standard InChI is InChI=1S/C18H29N5O2/c1-4-19-17(24)14-21-9-11-23(12-10-21)18(25)15-7-8-16(20-13-15)22(5-2)6-3/h7-8,13H,4-6,9-12,14H2,1-3H3,(H,19,24). The maximum Gasteiger partial charge on any atom is 0.255 e. The van der Waals surface area contributed by atoms with Gasteiger partial charge in [-0.3, -0.25) is 14.5 Å². The molecule has 0 aromatic carbocycles. The van der Waals surface area contributed by atoms with Gasteiger partial charge in [0.05, 0.1) is 12.1 Å². The van der Waals surface area contributed by atoms with Crippen LogP contribution in [0.4, 0.5) is 5.82 Å². The highest BCUT2D eigenvalue weighted by Crippen LogP contribution is 2.13. The van der Waals surface area contributed by atoms with Crippen LogP contribution in [-0.2, 0) is 4.79 Å². The van der Waals surface area contributed by atoms with E-state index in [2.05, 4.69) is 33.9 Å². The number of nitrogens with one attached hydrogen (secondary N) is 1. The molecule has 1 N–H and O–H groups in total. The number of likely N-dealkylation sites (N-methyl/N-ethyl adjacent to an activating group) is 1. The van der Waals surface area contributed by atoms with Gasteiger partial charge in [0.25, 0.3) is 5.91 Å². The summed E-state index contributed by atoms with van der Waals surface area (Å²) >= 11 is 0. The molecule has 0 atom stereocenters. The molecule has 138 valence electrons. The van der Waals surface area contributed by atoms with Gasteiger partial charge < -0.3 is 15.1 Å². The van der Waals surface area contributed by atoms with Crippen LogP contribution in [-0.4, -0.2) is 79.0 Å². The maximum absolute atomic E-state index is 12.6. The monoisotopic (exact) mass is 347 g/mol. The highest BCUT2D eigenvalue weighted by atomic mass is 16.2. The number of aromatic nitrogens is 1. The van der Waals surface area contributed by atoms with E-state index in [-0.39, 0.29) is 11.8 Å². The Morgan fingerprint density at radius 1 is 1.12 bits per heavy atom. The van der Waals surface area contributed by atoms with Crippen LogP contribution in [0.3, 0.4) is 0 Å². The van der Waals surface area contributed by atoms with Gasteiger partial charge in [0, 0.05) is 52.0 Å². The predicted molar refractivity (Wildman–Crippen MR) is 98.8 cm³/mol. The second-order valence-electron chi connectivity index (χ2n) is 6.10. The van der Waals surface area contributed by atoms with E-state index in [0.717, 1.165) is 18.9 Å². The lowest BCUT2D eigenvalue weighted by atomic mass is 10.2. The fraction of sp³-hybridized carbons (Fsp3) is 0.611. The zero-order valence-corrected chi connectivity index (χ0v) is 15.5. The summed E-state index contributed by atoms with van der Waals surface area (Å²) in [5.41, 5.74) is 0.619. The van der Waals surface area contributed by atoms with Crippen molar-refractivity contribution in [2.75, 3.05) is 57.3 Å². The van der Waals surface area contributed by atoms with Crippen molar-refractivity contribution in [3.05, 3.63) is 23.9 Å². The minimum Gasteiger partial charge on any atom is -0.357 e. The van der Waals surface area contributed by atoms with E-state index >= 15 is 0 Å². The first kappa shape index (κ1) is 19.2. The van der Waals surface area contributed by atoms with Crippen molar-refractivity contribution in [1.82, 2.24) is 20.1 Å². The van der Waals surface area contributed by atoms with E-state index in [4.69, 9.17) is 0 Å². The lowest BCUT2D eigenvalue weighted by molar-refractivity contribution is -0.122. The van der Waals surface area contributed by atoms with Crippen LogP contribution >= 0.6 is 0 Å². The lowest BCUT2D eigenvalue weighted by Crippen LogP contribution is -2.51. The third-order valence-corrected chi connectivity index (χ3v) is 4.48. The maximum atomic E-state index is 12.6. The van der Waals surface area contributed by atoms with E-state index < -0.39 is 0 Å².